The minimum Gasteiger partial charge on any atom is -0.450 e. The first-order chi connectivity index (χ1) is 11.6. The van der Waals surface area contributed by atoms with Crippen molar-refractivity contribution in [3.63, 3.8) is 0 Å². The largest absolute Gasteiger partial charge is 0.450 e. The first kappa shape index (κ1) is 17.1. The number of hydrogen-bond donors (Lipinski definition) is 0. The van der Waals surface area contributed by atoms with Gasteiger partial charge in [0.05, 0.1) is 24.9 Å². The van der Waals surface area contributed by atoms with Crippen molar-refractivity contribution < 1.29 is 19.1 Å². The SMILES string of the molecule is CCOC(=O)N1CC[C@@H]2[C@H](C1)c1cccc(Br)c1N2C(=O)OCC. The van der Waals surface area contributed by atoms with Crippen molar-refractivity contribution >= 4 is 33.8 Å². The van der Waals surface area contributed by atoms with Crippen LogP contribution < -0.4 is 4.90 Å². The zero-order valence-corrected chi connectivity index (χ0v) is 15.4. The average Bonchev–Trinajstić information content (AvgIpc) is 2.90. The maximum absolute atomic E-state index is 12.5. The molecule has 7 heteroatoms. The fourth-order valence-corrected chi connectivity index (χ4v) is 4.18. The normalized spacial score (nSPS) is 22.0. The fourth-order valence-electron chi connectivity index (χ4n) is 3.61. The predicted octanol–water partition coefficient (Wildman–Crippen LogP) is 3.74. The summed E-state index contributed by atoms with van der Waals surface area (Å²) in [4.78, 5) is 28.1. The number of likely N-dealkylation sites (tertiary alicyclic amines) is 1. The fraction of sp³-hybridized carbons (Fsp3) is 0.529. The van der Waals surface area contributed by atoms with Crippen LogP contribution >= 0.6 is 15.9 Å². The van der Waals surface area contributed by atoms with Gasteiger partial charge in [-0.1, -0.05) is 12.1 Å². The molecule has 0 unspecified atom stereocenters. The van der Waals surface area contributed by atoms with Gasteiger partial charge in [0.25, 0.3) is 0 Å². The van der Waals surface area contributed by atoms with E-state index >= 15 is 0 Å². The highest BCUT2D eigenvalue weighted by Crippen LogP contribution is 2.48. The highest BCUT2D eigenvalue weighted by atomic mass is 79.9. The van der Waals surface area contributed by atoms with Crippen molar-refractivity contribution in [2.75, 3.05) is 31.2 Å². The molecule has 0 bridgehead atoms. The predicted molar refractivity (Wildman–Crippen MR) is 93.4 cm³/mol. The zero-order chi connectivity index (χ0) is 17.3. The average molecular weight is 397 g/mol. The Bertz CT molecular complexity index is 651. The van der Waals surface area contributed by atoms with Gasteiger partial charge >= 0.3 is 12.2 Å². The van der Waals surface area contributed by atoms with E-state index in [4.69, 9.17) is 9.47 Å². The molecular formula is C17H21BrN2O4. The van der Waals surface area contributed by atoms with Crippen molar-refractivity contribution in [2.24, 2.45) is 0 Å². The Morgan fingerprint density at radius 3 is 2.62 bits per heavy atom. The Labute approximate surface area is 149 Å². The van der Waals surface area contributed by atoms with E-state index in [9.17, 15) is 9.59 Å². The maximum atomic E-state index is 12.5. The third kappa shape index (κ3) is 2.85. The molecule has 0 radical (unpaired) electrons. The maximum Gasteiger partial charge on any atom is 0.414 e. The summed E-state index contributed by atoms with van der Waals surface area (Å²) >= 11 is 3.56. The van der Waals surface area contributed by atoms with Crippen LogP contribution in [0.3, 0.4) is 0 Å². The lowest BCUT2D eigenvalue weighted by Gasteiger charge is -2.37. The van der Waals surface area contributed by atoms with E-state index in [0.29, 0.717) is 32.7 Å². The number of hydrogen-bond acceptors (Lipinski definition) is 4. The van der Waals surface area contributed by atoms with Crippen LogP contribution in [0.15, 0.2) is 22.7 Å². The van der Waals surface area contributed by atoms with E-state index in [0.717, 1.165) is 15.7 Å². The van der Waals surface area contributed by atoms with Crippen LogP contribution in [-0.4, -0.2) is 49.4 Å². The molecule has 2 aliphatic heterocycles. The lowest BCUT2D eigenvalue weighted by atomic mass is 9.89. The number of halogens is 1. The third-order valence-electron chi connectivity index (χ3n) is 4.56. The van der Waals surface area contributed by atoms with Crippen LogP contribution in [0.25, 0.3) is 0 Å². The quantitative estimate of drug-likeness (QED) is 0.763. The van der Waals surface area contributed by atoms with Crippen LogP contribution in [0.5, 0.6) is 0 Å². The minimum absolute atomic E-state index is 0.00317. The Balaban J connectivity index is 1.93. The van der Waals surface area contributed by atoms with E-state index < -0.39 is 0 Å². The number of carbonyl (C=O) groups is 2. The van der Waals surface area contributed by atoms with Gasteiger partial charge in [-0.05, 0) is 47.8 Å². The van der Waals surface area contributed by atoms with Gasteiger partial charge < -0.3 is 14.4 Å². The van der Waals surface area contributed by atoms with E-state index in [1.165, 1.54) is 0 Å². The molecule has 0 aromatic heterocycles. The number of benzene rings is 1. The first-order valence-electron chi connectivity index (χ1n) is 8.24. The Morgan fingerprint density at radius 2 is 1.92 bits per heavy atom. The molecule has 1 aromatic carbocycles. The zero-order valence-electron chi connectivity index (χ0n) is 13.8. The molecule has 0 aliphatic carbocycles. The number of rotatable bonds is 2. The molecule has 130 valence electrons. The summed E-state index contributed by atoms with van der Waals surface area (Å²) in [5, 5.41) is 0. The summed E-state index contributed by atoms with van der Waals surface area (Å²) in [6.45, 7) is 5.41. The molecule has 6 nitrogen and oxygen atoms in total. The molecule has 2 aliphatic rings. The summed E-state index contributed by atoms with van der Waals surface area (Å²) in [5.74, 6) is 0.0695. The van der Waals surface area contributed by atoms with Gasteiger partial charge in [0.1, 0.15) is 0 Å². The summed E-state index contributed by atoms with van der Waals surface area (Å²) in [7, 11) is 0. The van der Waals surface area contributed by atoms with Gasteiger partial charge in [-0.2, -0.15) is 0 Å². The summed E-state index contributed by atoms with van der Waals surface area (Å²) < 4.78 is 11.3. The smallest absolute Gasteiger partial charge is 0.414 e. The third-order valence-corrected chi connectivity index (χ3v) is 5.20. The van der Waals surface area contributed by atoms with E-state index in [1.807, 2.05) is 18.2 Å². The van der Waals surface area contributed by atoms with Gasteiger partial charge in [0.2, 0.25) is 0 Å². The number of anilines is 1. The molecule has 2 amide bonds. The molecule has 0 N–H and O–H groups in total. The molecule has 1 fully saturated rings. The molecule has 3 rings (SSSR count). The number of amides is 2. The summed E-state index contributed by atoms with van der Waals surface area (Å²) in [6.07, 6.45) is 0.0773. The number of ether oxygens (including phenoxy) is 2. The topological polar surface area (TPSA) is 59.1 Å². The molecule has 2 atom stereocenters. The summed E-state index contributed by atoms with van der Waals surface area (Å²) in [5.41, 5.74) is 1.92. The molecule has 1 saturated heterocycles. The molecule has 2 heterocycles. The molecule has 1 aromatic rings. The second-order valence-electron chi connectivity index (χ2n) is 5.85. The van der Waals surface area contributed by atoms with Crippen molar-refractivity contribution in [3.05, 3.63) is 28.2 Å². The highest BCUT2D eigenvalue weighted by molar-refractivity contribution is 9.10. The molecule has 0 saturated carbocycles. The first-order valence-corrected chi connectivity index (χ1v) is 9.03. The number of carbonyl (C=O) groups excluding carboxylic acids is 2. The summed E-state index contributed by atoms with van der Waals surface area (Å²) in [6, 6.07) is 5.90. The van der Waals surface area contributed by atoms with Crippen LogP contribution in [0.2, 0.25) is 0 Å². The lowest BCUT2D eigenvalue weighted by molar-refractivity contribution is 0.0926. The van der Waals surface area contributed by atoms with Crippen molar-refractivity contribution in [1.29, 1.82) is 0 Å². The van der Waals surface area contributed by atoms with Crippen LogP contribution in [0, 0.1) is 0 Å². The van der Waals surface area contributed by atoms with Gasteiger partial charge in [-0.3, -0.25) is 4.90 Å². The standard InChI is InChI=1S/C17H21BrN2O4/c1-3-23-16(21)19-9-8-14-12(10-19)11-6-5-7-13(18)15(11)20(14)17(22)24-4-2/h5-7,12,14H,3-4,8-10H2,1-2H3/t12-,14-/m1/s1. The van der Waals surface area contributed by atoms with Crippen LogP contribution in [-0.2, 0) is 9.47 Å². The van der Waals surface area contributed by atoms with Gasteiger partial charge in [0.15, 0.2) is 0 Å². The van der Waals surface area contributed by atoms with Gasteiger partial charge in [-0.25, -0.2) is 9.59 Å². The minimum atomic E-state index is -0.331. The second kappa shape index (κ2) is 7.01. The van der Waals surface area contributed by atoms with Crippen molar-refractivity contribution in [1.82, 2.24) is 4.90 Å². The Hall–Kier alpha value is -1.76. The molecular weight excluding hydrogens is 376 g/mol. The number of para-hydroxylation sites is 1. The number of fused-ring (bicyclic) bond motifs is 3. The van der Waals surface area contributed by atoms with E-state index in [2.05, 4.69) is 15.9 Å². The van der Waals surface area contributed by atoms with E-state index in [1.54, 1.807) is 23.6 Å². The second-order valence-corrected chi connectivity index (χ2v) is 6.71. The van der Waals surface area contributed by atoms with Gasteiger partial charge in [0, 0.05) is 23.5 Å². The monoisotopic (exact) mass is 396 g/mol. The Morgan fingerprint density at radius 1 is 1.21 bits per heavy atom. The lowest BCUT2D eigenvalue weighted by Crippen LogP contribution is -2.50. The van der Waals surface area contributed by atoms with Crippen LogP contribution in [0.1, 0.15) is 31.7 Å². The molecule has 0 spiro atoms. The number of piperidine rings is 1. The van der Waals surface area contributed by atoms with Crippen LogP contribution in [0.4, 0.5) is 15.3 Å². The Kier molecular flexibility index (Phi) is 4.99. The molecule has 24 heavy (non-hydrogen) atoms. The van der Waals surface area contributed by atoms with Crippen molar-refractivity contribution in [2.45, 2.75) is 32.2 Å². The number of nitrogens with zero attached hydrogens (tertiary/aromatic N) is 2. The van der Waals surface area contributed by atoms with E-state index in [-0.39, 0.29) is 24.1 Å². The van der Waals surface area contributed by atoms with Gasteiger partial charge in [-0.15, -0.1) is 0 Å². The van der Waals surface area contributed by atoms with Crippen molar-refractivity contribution in [3.8, 4) is 0 Å². The highest BCUT2D eigenvalue weighted by Gasteiger charge is 2.47.